The third-order valence-electron chi connectivity index (χ3n) is 11.7. The third kappa shape index (κ3) is 13.5. The highest BCUT2D eigenvalue weighted by Gasteiger charge is 2.24. The van der Waals surface area contributed by atoms with E-state index in [0.29, 0.717) is 0 Å². The summed E-state index contributed by atoms with van der Waals surface area (Å²) in [6.45, 7) is 9.25. The van der Waals surface area contributed by atoms with E-state index in [9.17, 15) is 0 Å². The van der Waals surface area contributed by atoms with E-state index in [1.165, 1.54) is 164 Å². The number of aryl methyl sites for hydroxylation is 2. The van der Waals surface area contributed by atoms with Gasteiger partial charge in [-0.1, -0.05) is 130 Å². The third-order valence-corrected chi connectivity index (χ3v) is 11.7. The number of ether oxygens (including phenoxy) is 1. The zero-order valence-corrected chi connectivity index (χ0v) is 31.3. The minimum atomic E-state index is 0.789. The predicted molar refractivity (Wildman–Crippen MR) is 202 cm³/mol. The molecule has 2 aromatic rings. The van der Waals surface area contributed by atoms with Crippen molar-refractivity contribution in [2.75, 3.05) is 0 Å². The Hall–Kier alpha value is -1.90. The lowest BCUT2D eigenvalue weighted by Crippen LogP contribution is -2.17. The number of pyridine rings is 2. The molecule has 2 saturated carbocycles. The van der Waals surface area contributed by atoms with E-state index < -0.39 is 0 Å². The fraction of sp³-hybridized carbons (Fsp3) is 0.773. The smallest absolute Gasteiger partial charge is 0.146 e. The number of rotatable bonds is 22. The lowest BCUT2D eigenvalue weighted by molar-refractivity contribution is 0.258. The summed E-state index contributed by atoms with van der Waals surface area (Å²) in [5, 5.41) is 0. The van der Waals surface area contributed by atoms with Crippen LogP contribution in [0.3, 0.4) is 0 Å². The van der Waals surface area contributed by atoms with Gasteiger partial charge in [0.1, 0.15) is 11.5 Å². The van der Waals surface area contributed by atoms with Crippen LogP contribution in [0.5, 0.6) is 11.5 Å². The maximum absolute atomic E-state index is 6.63. The Labute approximate surface area is 290 Å². The SMILES string of the molecule is CCCCCCc1ncc(Oc2cnc(CCCCCC)c(CC3CCC(CCCC)CC3)c2)cc1CC1CCC(CCCC)CC1. The largest absolute Gasteiger partial charge is 0.454 e. The lowest BCUT2D eigenvalue weighted by atomic mass is 9.77. The fourth-order valence-electron chi connectivity index (χ4n) is 8.58. The number of nitrogens with zero attached hydrogens (tertiary/aromatic N) is 2. The first kappa shape index (κ1) is 37.9. The van der Waals surface area contributed by atoms with E-state index in [-0.39, 0.29) is 0 Å². The molecule has 0 saturated heterocycles. The molecule has 2 fully saturated rings. The highest BCUT2D eigenvalue weighted by molar-refractivity contribution is 5.36. The van der Waals surface area contributed by atoms with Crippen molar-refractivity contribution < 1.29 is 4.74 Å². The molecule has 2 aromatic heterocycles. The van der Waals surface area contributed by atoms with Crippen molar-refractivity contribution in [2.24, 2.45) is 23.7 Å². The van der Waals surface area contributed by atoms with E-state index >= 15 is 0 Å². The van der Waals surface area contributed by atoms with E-state index in [1.54, 1.807) is 0 Å². The van der Waals surface area contributed by atoms with Crippen LogP contribution >= 0.6 is 0 Å². The van der Waals surface area contributed by atoms with Crippen LogP contribution in [0.1, 0.15) is 191 Å². The Kier molecular flexibility index (Phi) is 17.7. The minimum Gasteiger partial charge on any atom is -0.454 e. The molecule has 2 aliphatic rings. The molecule has 0 aliphatic heterocycles. The molecule has 2 aliphatic carbocycles. The molecule has 4 rings (SSSR count). The molecule has 264 valence electrons. The quantitative estimate of drug-likeness (QED) is 0.120. The molecular weight excluding hydrogens is 572 g/mol. The number of aromatic nitrogens is 2. The van der Waals surface area contributed by atoms with Crippen molar-refractivity contribution in [1.29, 1.82) is 0 Å². The number of hydrogen-bond donors (Lipinski definition) is 0. The van der Waals surface area contributed by atoms with E-state index in [1.807, 2.05) is 12.4 Å². The van der Waals surface area contributed by atoms with Crippen LogP contribution < -0.4 is 4.74 Å². The van der Waals surface area contributed by atoms with Gasteiger partial charge >= 0.3 is 0 Å². The fourth-order valence-corrected chi connectivity index (χ4v) is 8.58. The monoisotopic (exact) mass is 645 g/mol. The van der Waals surface area contributed by atoms with Gasteiger partial charge in [0.15, 0.2) is 0 Å². The van der Waals surface area contributed by atoms with E-state index in [0.717, 1.165) is 60.9 Å². The van der Waals surface area contributed by atoms with Crippen LogP contribution in [-0.2, 0) is 25.7 Å². The van der Waals surface area contributed by atoms with Gasteiger partial charge in [0.2, 0.25) is 0 Å². The van der Waals surface area contributed by atoms with E-state index in [2.05, 4.69) is 39.8 Å². The van der Waals surface area contributed by atoms with Gasteiger partial charge in [-0.25, -0.2) is 0 Å². The summed E-state index contributed by atoms with van der Waals surface area (Å²) >= 11 is 0. The zero-order valence-electron chi connectivity index (χ0n) is 31.3. The minimum absolute atomic E-state index is 0.789. The van der Waals surface area contributed by atoms with Crippen LogP contribution in [-0.4, -0.2) is 9.97 Å². The highest BCUT2D eigenvalue weighted by atomic mass is 16.5. The maximum atomic E-state index is 6.63. The molecular formula is C44H72N2O. The molecule has 3 nitrogen and oxygen atoms in total. The lowest BCUT2D eigenvalue weighted by Gasteiger charge is -2.29. The molecule has 2 heterocycles. The van der Waals surface area contributed by atoms with Crippen LogP contribution in [0.15, 0.2) is 24.5 Å². The Bertz CT molecular complexity index is 1020. The standard InChI is InChI=1S/C44H72N2O/c1-5-9-13-15-19-43-39(29-37-25-21-35(22-26-37)17-11-7-3)31-41(33-45-43)47-42-32-40(44(46-34-42)20-16-14-10-6-2)30-38-27-23-36(24-28-38)18-12-8-4/h31-38H,5-30H2,1-4H3. The van der Waals surface area contributed by atoms with Crippen LogP contribution in [0.25, 0.3) is 0 Å². The van der Waals surface area contributed by atoms with Gasteiger partial charge in [0, 0.05) is 11.4 Å². The molecule has 0 unspecified atom stereocenters. The molecule has 0 amide bonds. The average molecular weight is 645 g/mol. The number of unbranched alkanes of at least 4 members (excludes halogenated alkanes) is 8. The normalized spacial score (nSPS) is 21.6. The van der Waals surface area contributed by atoms with Crippen LogP contribution in [0.2, 0.25) is 0 Å². The zero-order chi connectivity index (χ0) is 33.1. The summed E-state index contributed by atoms with van der Waals surface area (Å²) in [5.74, 6) is 5.29. The van der Waals surface area contributed by atoms with Crippen LogP contribution in [0.4, 0.5) is 0 Å². The summed E-state index contributed by atoms with van der Waals surface area (Å²) in [5.41, 5.74) is 5.52. The molecule has 0 bridgehead atoms. The van der Waals surface area contributed by atoms with Gasteiger partial charge in [0.05, 0.1) is 12.4 Å². The van der Waals surface area contributed by atoms with Crippen molar-refractivity contribution >= 4 is 0 Å². The summed E-state index contributed by atoms with van der Waals surface area (Å²) in [6.07, 6.45) is 38.3. The van der Waals surface area contributed by atoms with Crippen molar-refractivity contribution in [3.05, 3.63) is 47.0 Å². The molecule has 0 aromatic carbocycles. The van der Waals surface area contributed by atoms with Crippen molar-refractivity contribution in [3.8, 4) is 11.5 Å². The Morgan fingerprint density at radius 1 is 0.489 bits per heavy atom. The van der Waals surface area contributed by atoms with Crippen LogP contribution in [0, 0.1) is 23.7 Å². The molecule has 0 radical (unpaired) electrons. The van der Waals surface area contributed by atoms with Gasteiger partial charge < -0.3 is 4.74 Å². The van der Waals surface area contributed by atoms with Crippen molar-refractivity contribution in [1.82, 2.24) is 9.97 Å². The highest BCUT2D eigenvalue weighted by Crippen LogP contribution is 2.37. The Balaban J connectivity index is 1.45. The first-order valence-electron chi connectivity index (χ1n) is 20.7. The number of hydrogen-bond acceptors (Lipinski definition) is 3. The summed E-state index contributed by atoms with van der Waals surface area (Å²) in [6, 6.07) is 4.70. The molecule has 47 heavy (non-hydrogen) atoms. The second-order valence-electron chi connectivity index (χ2n) is 15.7. The van der Waals surface area contributed by atoms with Gasteiger partial charge in [0.25, 0.3) is 0 Å². The first-order chi connectivity index (χ1) is 23.1. The van der Waals surface area contributed by atoms with Gasteiger partial charge in [-0.2, -0.15) is 0 Å². The topological polar surface area (TPSA) is 35.0 Å². The summed E-state index contributed by atoms with van der Waals surface area (Å²) < 4.78 is 6.63. The van der Waals surface area contributed by atoms with Gasteiger partial charge in [-0.3, -0.25) is 9.97 Å². The first-order valence-corrected chi connectivity index (χ1v) is 20.7. The molecule has 0 spiro atoms. The summed E-state index contributed by atoms with van der Waals surface area (Å²) in [4.78, 5) is 10.1. The second-order valence-corrected chi connectivity index (χ2v) is 15.7. The maximum Gasteiger partial charge on any atom is 0.146 e. The van der Waals surface area contributed by atoms with Crippen molar-refractivity contribution in [3.63, 3.8) is 0 Å². The van der Waals surface area contributed by atoms with E-state index in [4.69, 9.17) is 14.7 Å². The average Bonchev–Trinajstić information content (AvgIpc) is 3.09. The van der Waals surface area contributed by atoms with Crippen molar-refractivity contribution in [2.45, 2.75) is 195 Å². The predicted octanol–water partition coefficient (Wildman–Crippen LogP) is 13.6. The Morgan fingerprint density at radius 3 is 1.26 bits per heavy atom. The Morgan fingerprint density at radius 2 is 0.872 bits per heavy atom. The summed E-state index contributed by atoms with van der Waals surface area (Å²) in [7, 11) is 0. The molecule has 0 N–H and O–H groups in total. The molecule has 0 atom stereocenters. The van der Waals surface area contributed by atoms with Gasteiger partial charge in [-0.15, -0.1) is 0 Å². The van der Waals surface area contributed by atoms with Gasteiger partial charge in [-0.05, 0) is 111 Å². The molecule has 3 heteroatoms. The second kappa shape index (κ2) is 21.9.